The first-order valence-corrected chi connectivity index (χ1v) is 6.19. The lowest BCUT2D eigenvalue weighted by atomic mass is 10.5. The minimum absolute atomic E-state index is 0.272. The SMILES string of the molecule is CNc1nc(Sc2n[nH]c(=O)n2C)c2[nH]cnc2n1. The highest BCUT2D eigenvalue weighted by Gasteiger charge is 2.14. The molecule has 0 aliphatic carbocycles. The van der Waals surface area contributed by atoms with Crippen LogP contribution in [0.3, 0.4) is 0 Å². The van der Waals surface area contributed by atoms with Gasteiger partial charge in [-0.1, -0.05) is 0 Å². The van der Waals surface area contributed by atoms with Crippen molar-refractivity contribution in [3.8, 4) is 0 Å². The smallest absolute Gasteiger partial charge is 0.343 e. The van der Waals surface area contributed by atoms with Gasteiger partial charge >= 0.3 is 5.69 Å². The molecule has 10 heteroatoms. The molecule has 0 radical (unpaired) electrons. The van der Waals surface area contributed by atoms with E-state index in [-0.39, 0.29) is 5.69 Å². The van der Waals surface area contributed by atoms with Gasteiger partial charge in [-0.2, -0.15) is 4.98 Å². The summed E-state index contributed by atoms with van der Waals surface area (Å²) in [4.78, 5) is 27.0. The summed E-state index contributed by atoms with van der Waals surface area (Å²) in [5, 5.41) is 10.3. The van der Waals surface area contributed by atoms with Crippen LogP contribution >= 0.6 is 11.8 Å². The minimum atomic E-state index is -0.272. The van der Waals surface area contributed by atoms with Gasteiger partial charge in [-0.3, -0.25) is 4.57 Å². The normalized spacial score (nSPS) is 11.1. The fourth-order valence-electron chi connectivity index (χ4n) is 1.50. The fraction of sp³-hybridized carbons (Fsp3) is 0.222. The van der Waals surface area contributed by atoms with Crippen molar-refractivity contribution in [2.75, 3.05) is 12.4 Å². The van der Waals surface area contributed by atoms with Crippen LogP contribution in [-0.4, -0.2) is 41.7 Å². The quantitative estimate of drug-likeness (QED) is 0.576. The second kappa shape index (κ2) is 4.39. The number of hydrogen-bond acceptors (Lipinski definition) is 7. The van der Waals surface area contributed by atoms with Crippen LogP contribution in [0.15, 0.2) is 21.3 Å². The summed E-state index contributed by atoms with van der Waals surface area (Å²) in [6, 6.07) is 0. The summed E-state index contributed by atoms with van der Waals surface area (Å²) >= 11 is 1.26. The van der Waals surface area contributed by atoms with Gasteiger partial charge in [0.05, 0.1) is 6.33 Å². The first kappa shape index (κ1) is 11.7. The molecule has 98 valence electrons. The average Bonchev–Trinajstić information content (AvgIpc) is 3.00. The third-order valence-electron chi connectivity index (χ3n) is 2.50. The highest BCUT2D eigenvalue weighted by molar-refractivity contribution is 7.99. The van der Waals surface area contributed by atoms with E-state index in [2.05, 4.69) is 35.5 Å². The van der Waals surface area contributed by atoms with Gasteiger partial charge in [-0.25, -0.2) is 19.9 Å². The van der Waals surface area contributed by atoms with Gasteiger partial charge in [-0.05, 0) is 11.8 Å². The predicted molar refractivity (Wildman–Crippen MR) is 69.2 cm³/mol. The number of nitrogens with zero attached hydrogens (tertiary/aromatic N) is 5. The number of aromatic nitrogens is 7. The van der Waals surface area contributed by atoms with Crippen molar-refractivity contribution < 1.29 is 0 Å². The Labute approximate surface area is 110 Å². The Kier molecular flexibility index (Phi) is 2.71. The Morgan fingerprint density at radius 1 is 1.42 bits per heavy atom. The molecule has 19 heavy (non-hydrogen) atoms. The highest BCUT2D eigenvalue weighted by Crippen LogP contribution is 2.28. The monoisotopic (exact) mass is 278 g/mol. The van der Waals surface area contributed by atoms with Gasteiger partial charge in [-0.15, -0.1) is 5.10 Å². The molecular weight excluding hydrogens is 268 g/mol. The van der Waals surface area contributed by atoms with Gasteiger partial charge in [0.1, 0.15) is 10.5 Å². The van der Waals surface area contributed by atoms with Gasteiger partial charge in [0.25, 0.3) is 0 Å². The first-order chi connectivity index (χ1) is 9.19. The van der Waals surface area contributed by atoms with Crippen molar-refractivity contribution in [2.45, 2.75) is 10.2 Å². The van der Waals surface area contributed by atoms with Crippen LogP contribution in [0, 0.1) is 0 Å². The molecule has 0 aromatic carbocycles. The van der Waals surface area contributed by atoms with Gasteiger partial charge in [0.2, 0.25) is 5.95 Å². The molecule has 0 amide bonds. The first-order valence-electron chi connectivity index (χ1n) is 5.37. The number of rotatable bonds is 3. The number of aromatic amines is 2. The van der Waals surface area contributed by atoms with Crippen molar-refractivity contribution >= 4 is 28.9 Å². The van der Waals surface area contributed by atoms with E-state index in [0.717, 1.165) is 0 Å². The third kappa shape index (κ3) is 1.95. The van der Waals surface area contributed by atoms with E-state index in [4.69, 9.17) is 0 Å². The van der Waals surface area contributed by atoms with Gasteiger partial charge in [0.15, 0.2) is 10.8 Å². The molecule has 0 saturated heterocycles. The third-order valence-corrected chi connectivity index (χ3v) is 3.54. The molecule has 3 rings (SSSR count). The Morgan fingerprint density at radius 2 is 2.26 bits per heavy atom. The zero-order valence-electron chi connectivity index (χ0n) is 10.1. The molecule has 3 aromatic heterocycles. The van der Waals surface area contributed by atoms with Crippen molar-refractivity contribution in [1.82, 2.24) is 34.7 Å². The lowest BCUT2D eigenvalue weighted by Crippen LogP contribution is -2.12. The van der Waals surface area contributed by atoms with Crippen LogP contribution in [0.25, 0.3) is 11.2 Å². The number of imidazole rings is 1. The number of hydrogen-bond donors (Lipinski definition) is 3. The average molecular weight is 278 g/mol. The molecule has 9 nitrogen and oxygen atoms in total. The topological polar surface area (TPSA) is 117 Å². The van der Waals surface area contributed by atoms with Crippen molar-refractivity contribution in [3.63, 3.8) is 0 Å². The molecule has 3 N–H and O–H groups in total. The molecule has 0 saturated carbocycles. The fourth-order valence-corrected chi connectivity index (χ4v) is 2.37. The molecule has 3 heterocycles. The molecule has 0 fully saturated rings. The maximum Gasteiger partial charge on any atom is 0.343 e. The number of H-pyrrole nitrogens is 2. The Hall–Kier alpha value is -2.36. The van der Waals surface area contributed by atoms with Crippen LogP contribution in [0.5, 0.6) is 0 Å². The van der Waals surface area contributed by atoms with Gasteiger partial charge < -0.3 is 10.3 Å². The second-order valence-electron chi connectivity index (χ2n) is 3.68. The summed E-state index contributed by atoms with van der Waals surface area (Å²) in [6.07, 6.45) is 1.55. The molecule has 3 aromatic rings. The van der Waals surface area contributed by atoms with Crippen LogP contribution in [0.1, 0.15) is 0 Å². The summed E-state index contributed by atoms with van der Waals surface area (Å²) in [7, 11) is 3.37. The largest absolute Gasteiger partial charge is 0.357 e. The van der Waals surface area contributed by atoms with Crippen LogP contribution in [0.4, 0.5) is 5.95 Å². The Bertz CT molecular complexity index is 787. The summed E-state index contributed by atoms with van der Waals surface area (Å²) in [6.45, 7) is 0. The standard InChI is InChI=1S/C9H10N8OS/c1-10-7-13-5-4(11-3-12-5)6(14-7)19-9-16-15-8(18)17(9)2/h3H,1-2H3,(H,15,18)(H2,10,11,12,13,14). The van der Waals surface area contributed by atoms with Crippen LogP contribution in [0.2, 0.25) is 0 Å². The molecule has 0 aliphatic rings. The lowest BCUT2D eigenvalue weighted by Gasteiger charge is -2.03. The molecule has 0 atom stereocenters. The van der Waals surface area contributed by atoms with Gasteiger partial charge in [0, 0.05) is 14.1 Å². The highest BCUT2D eigenvalue weighted by atomic mass is 32.2. The molecule has 0 bridgehead atoms. The number of anilines is 1. The Balaban J connectivity index is 2.11. The van der Waals surface area contributed by atoms with E-state index in [1.807, 2.05) is 0 Å². The van der Waals surface area contributed by atoms with E-state index in [1.54, 1.807) is 20.4 Å². The van der Waals surface area contributed by atoms with Crippen molar-refractivity contribution in [1.29, 1.82) is 0 Å². The van der Waals surface area contributed by atoms with E-state index in [0.29, 0.717) is 27.3 Å². The van der Waals surface area contributed by atoms with Crippen LogP contribution in [-0.2, 0) is 7.05 Å². The van der Waals surface area contributed by atoms with Crippen molar-refractivity contribution in [2.24, 2.45) is 7.05 Å². The van der Waals surface area contributed by atoms with Crippen LogP contribution < -0.4 is 11.0 Å². The number of nitrogens with one attached hydrogen (secondary N) is 3. The summed E-state index contributed by atoms with van der Waals surface area (Å²) in [5.41, 5.74) is 0.994. The zero-order chi connectivity index (χ0) is 13.4. The van der Waals surface area contributed by atoms with Crippen molar-refractivity contribution in [3.05, 3.63) is 16.8 Å². The maximum atomic E-state index is 11.3. The molecule has 0 spiro atoms. The summed E-state index contributed by atoms with van der Waals surface area (Å²) < 4.78 is 1.41. The van der Waals surface area contributed by atoms with E-state index >= 15 is 0 Å². The van der Waals surface area contributed by atoms with E-state index in [1.165, 1.54) is 16.3 Å². The molecule has 0 unspecified atom stereocenters. The van der Waals surface area contributed by atoms with E-state index < -0.39 is 0 Å². The number of fused-ring (bicyclic) bond motifs is 1. The van der Waals surface area contributed by atoms with E-state index in [9.17, 15) is 4.79 Å². The zero-order valence-corrected chi connectivity index (χ0v) is 10.9. The Morgan fingerprint density at radius 3 is 2.95 bits per heavy atom. The minimum Gasteiger partial charge on any atom is -0.357 e. The molecule has 0 aliphatic heterocycles. The molecular formula is C9H10N8OS. The predicted octanol–water partition coefficient (Wildman–Crippen LogP) is -0.0324. The maximum absolute atomic E-state index is 11.3. The lowest BCUT2D eigenvalue weighted by molar-refractivity contribution is 0.765. The summed E-state index contributed by atoms with van der Waals surface area (Å²) in [5.74, 6) is 0.461. The second-order valence-corrected chi connectivity index (χ2v) is 4.63.